The van der Waals surface area contributed by atoms with Crippen LogP contribution in [0.3, 0.4) is 0 Å². The second-order valence-electron chi connectivity index (χ2n) is 18.0. The quantitative estimate of drug-likeness (QED) is 0.247. The number of carbonyl (C=O) groups is 4. The second kappa shape index (κ2) is 15.4. The fourth-order valence-electron chi connectivity index (χ4n) is 9.65. The van der Waals surface area contributed by atoms with Crippen LogP contribution in [0.4, 0.5) is 9.18 Å². The smallest absolute Gasteiger partial charge is 0.408 e. The molecule has 0 radical (unpaired) electrons. The predicted octanol–water partition coefficient (Wildman–Crippen LogP) is 6.14. The molecule has 15 heteroatoms. The number of nitrogens with zero attached hydrogens (tertiary/aromatic N) is 2. The largest absolute Gasteiger partial charge is 0.483 e. The van der Waals surface area contributed by atoms with Crippen molar-refractivity contribution in [3.8, 4) is 17.0 Å². The van der Waals surface area contributed by atoms with E-state index >= 15 is 0 Å². The van der Waals surface area contributed by atoms with Crippen LogP contribution < -0.4 is 20.1 Å². The van der Waals surface area contributed by atoms with Crippen molar-refractivity contribution in [3.63, 3.8) is 0 Å². The number of aromatic nitrogens is 1. The maximum absolute atomic E-state index is 15.0. The molecule has 9 rings (SSSR count). The molecule has 60 heavy (non-hydrogen) atoms. The van der Waals surface area contributed by atoms with Crippen LogP contribution in [0.25, 0.3) is 22.2 Å². The number of fused-ring (bicyclic) bond motifs is 5. The van der Waals surface area contributed by atoms with Crippen LogP contribution >= 0.6 is 0 Å². The number of hydrogen-bond donors (Lipinski definition) is 3. The fraction of sp³-hybridized carbons (Fsp3) is 0.533. The van der Waals surface area contributed by atoms with Gasteiger partial charge in [0.05, 0.1) is 16.8 Å². The van der Waals surface area contributed by atoms with Gasteiger partial charge < -0.3 is 25.0 Å². The van der Waals surface area contributed by atoms with Crippen LogP contribution in [0.1, 0.15) is 102 Å². The van der Waals surface area contributed by atoms with Crippen LogP contribution in [0.5, 0.6) is 5.75 Å². The van der Waals surface area contributed by atoms with E-state index in [4.69, 9.17) is 14.5 Å². The highest BCUT2D eigenvalue weighted by molar-refractivity contribution is 7.91. The molecule has 3 aromatic rings. The minimum absolute atomic E-state index is 0.0239. The molecule has 3 saturated carbocycles. The Hall–Kier alpha value is -5.05. The second-order valence-corrected chi connectivity index (χ2v) is 20.2. The van der Waals surface area contributed by atoms with Crippen LogP contribution in [-0.4, -0.2) is 82.7 Å². The van der Waals surface area contributed by atoms with Gasteiger partial charge in [0.2, 0.25) is 21.8 Å². The minimum atomic E-state index is -4.02. The van der Waals surface area contributed by atoms with Crippen LogP contribution in [0.2, 0.25) is 0 Å². The van der Waals surface area contributed by atoms with Gasteiger partial charge in [-0.15, -0.1) is 0 Å². The number of aryl methyl sites for hydroxylation is 1. The molecule has 4 amide bonds. The van der Waals surface area contributed by atoms with Crippen molar-refractivity contribution in [3.05, 3.63) is 72.1 Å². The van der Waals surface area contributed by atoms with Crippen molar-refractivity contribution >= 4 is 44.7 Å². The molecule has 13 nitrogen and oxygen atoms in total. The Balaban J connectivity index is 1.08. The molecule has 1 aromatic heterocycles. The highest BCUT2D eigenvalue weighted by Gasteiger charge is 2.64. The number of nitrogens with one attached hydrogen (secondary N) is 3. The molecule has 5 atom stereocenters. The van der Waals surface area contributed by atoms with E-state index in [0.29, 0.717) is 62.0 Å². The number of benzene rings is 2. The van der Waals surface area contributed by atoms with Gasteiger partial charge in [-0.1, -0.05) is 55.3 Å². The van der Waals surface area contributed by atoms with E-state index in [1.165, 1.54) is 17.0 Å². The molecule has 3 aliphatic carbocycles. The molecule has 6 aliphatic rings. The van der Waals surface area contributed by atoms with Gasteiger partial charge >= 0.3 is 6.09 Å². The number of allylic oxidation sites excluding steroid dienone is 1. The average molecular weight is 842 g/mol. The third kappa shape index (κ3) is 7.62. The predicted molar refractivity (Wildman–Crippen MR) is 221 cm³/mol. The molecule has 1 saturated heterocycles. The summed E-state index contributed by atoms with van der Waals surface area (Å²) in [6, 6.07) is 11.6. The summed E-state index contributed by atoms with van der Waals surface area (Å²) >= 11 is 0. The number of carbonyl (C=O) groups excluding carboxylic acids is 4. The lowest BCUT2D eigenvalue weighted by Gasteiger charge is -2.37. The van der Waals surface area contributed by atoms with Gasteiger partial charge in [0.15, 0.2) is 0 Å². The van der Waals surface area contributed by atoms with E-state index in [9.17, 15) is 32.0 Å². The lowest BCUT2D eigenvalue weighted by atomic mass is 9.86. The Kier molecular flexibility index (Phi) is 10.4. The van der Waals surface area contributed by atoms with Crippen LogP contribution in [0.15, 0.2) is 60.7 Å². The van der Waals surface area contributed by atoms with E-state index in [1.54, 1.807) is 19.1 Å². The van der Waals surface area contributed by atoms with Gasteiger partial charge in [-0.2, -0.15) is 0 Å². The number of pyridine rings is 1. The molecule has 1 spiro atoms. The van der Waals surface area contributed by atoms with E-state index in [-0.39, 0.29) is 25.5 Å². The Morgan fingerprint density at radius 2 is 1.77 bits per heavy atom. The van der Waals surface area contributed by atoms with E-state index in [2.05, 4.69) is 15.4 Å². The topological polar surface area (TPSA) is 173 Å². The summed E-state index contributed by atoms with van der Waals surface area (Å²) in [4.78, 5) is 63.6. The van der Waals surface area contributed by atoms with Gasteiger partial charge in [-0.3, -0.25) is 19.1 Å². The first-order valence-corrected chi connectivity index (χ1v) is 23.0. The summed E-state index contributed by atoms with van der Waals surface area (Å²) in [6.07, 6.45) is 11.5. The maximum Gasteiger partial charge on any atom is 0.408 e. The maximum atomic E-state index is 15.0. The van der Waals surface area contributed by atoms with Gasteiger partial charge in [0.25, 0.3) is 5.91 Å². The molecular formula is C45H52FN5O8S. The van der Waals surface area contributed by atoms with E-state index < -0.39 is 73.5 Å². The lowest BCUT2D eigenvalue weighted by Crippen LogP contribution is -2.58. The number of ether oxygens (including phenoxy) is 2. The molecule has 4 heterocycles. The summed E-state index contributed by atoms with van der Waals surface area (Å²) in [5, 5.41) is 6.68. The summed E-state index contributed by atoms with van der Waals surface area (Å²) in [6.45, 7) is 1.57. The zero-order valence-electron chi connectivity index (χ0n) is 33.8. The third-order valence-corrected chi connectivity index (χ3v) is 15.8. The molecule has 3 N–H and O–H groups in total. The molecule has 0 bridgehead atoms. The number of para-hydroxylation sites is 1. The van der Waals surface area contributed by atoms with Crippen molar-refractivity contribution in [2.24, 2.45) is 5.92 Å². The summed E-state index contributed by atoms with van der Waals surface area (Å²) in [5.74, 6) is -2.36. The van der Waals surface area contributed by atoms with Crippen molar-refractivity contribution in [2.75, 3.05) is 6.54 Å². The van der Waals surface area contributed by atoms with Crippen LogP contribution in [0, 0.1) is 11.7 Å². The fourth-order valence-corrected chi connectivity index (χ4v) is 11.0. The SMILES string of the molecule is CC1(S(=O)(=O)NC(=O)[C@@]23C[C@H]2/C=C\CCCCC[C@H](NC(=O)OC2CCCC2)C(=O)N2C[C@@]4(CCc5c(c(-c6cccc(F)c6)nc6ccccc56)O4)C[C@H]2C(=O)N3)CC1. The Labute approximate surface area is 349 Å². The standard InChI is InChI=1S/C45H52FN5O8S/c1-43(22-23-43)60(56,57)50-41(54)45-25-29(45)13-5-3-2-4-6-19-35(48-42(55)58-31-15-7-8-16-31)40(53)51-27-44(26-36(51)39(52)49-45)21-20-33-32-17-9-10-18-34(32)47-37(38(33)59-44)28-12-11-14-30(46)24-28/h5,9-14,17-18,24,29,31,35-36H,2-4,6-8,15-16,19-23,25-27H2,1H3,(H,48,55)(H,49,52)(H,50,54)/b13-5-/t29-,35+,36+,44-,45-/m1/s1. The number of hydrogen-bond acceptors (Lipinski definition) is 9. The number of amides is 4. The lowest BCUT2D eigenvalue weighted by molar-refractivity contribution is -0.141. The zero-order valence-corrected chi connectivity index (χ0v) is 34.7. The number of alkyl carbamates (subject to hydrolysis) is 1. The number of rotatable bonds is 6. The van der Waals surface area contributed by atoms with Crippen LogP contribution in [-0.2, 0) is 35.6 Å². The first kappa shape index (κ1) is 40.4. The van der Waals surface area contributed by atoms with Gasteiger partial charge in [-0.25, -0.2) is 22.6 Å². The third-order valence-electron chi connectivity index (χ3n) is 13.7. The first-order chi connectivity index (χ1) is 28.8. The van der Waals surface area contributed by atoms with E-state index in [1.807, 2.05) is 36.4 Å². The molecular weight excluding hydrogens is 790 g/mol. The van der Waals surface area contributed by atoms with Crippen molar-refractivity contribution in [1.82, 2.24) is 25.2 Å². The van der Waals surface area contributed by atoms with E-state index in [0.717, 1.165) is 55.0 Å². The first-order valence-electron chi connectivity index (χ1n) is 21.5. The molecule has 4 fully saturated rings. The van der Waals surface area contributed by atoms with Gasteiger partial charge in [0, 0.05) is 28.9 Å². The highest BCUT2D eigenvalue weighted by atomic mass is 32.2. The number of sulfonamides is 1. The molecule has 0 unspecified atom stereocenters. The summed E-state index contributed by atoms with van der Waals surface area (Å²) < 4.78 is 55.3. The molecule has 318 valence electrons. The number of halogens is 1. The van der Waals surface area contributed by atoms with Gasteiger partial charge in [0.1, 0.15) is 46.6 Å². The Morgan fingerprint density at radius 3 is 2.55 bits per heavy atom. The Morgan fingerprint density at radius 1 is 0.983 bits per heavy atom. The van der Waals surface area contributed by atoms with Crippen molar-refractivity contribution in [2.45, 2.75) is 137 Å². The monoisotopic (exact) mass is 841 g/mol. The average Bonchev–Trinajstić information content (AvgIpc) is 4.02. The minimum Gasteiger partial charge on any atom is -0.483 e. The van der Waals surface area contributed by atoms with Crippen molar-refractivity contribution < 1.29 is 41.5 Å². The zero-order chi connectivity index (χ0) is 41.9. The summed E-state index contributed by atoms with van der Waals surface area (Å²) in [7, 11) is -4.02. The normalized spacial score (nSPS) is 29.5. The van der Waals surface area contributed by atoms with Crippen molar-refractivity contribution in [1.29, 1.82) is 0 Å². The molecule has 3 aliphatic heterocycles. The Bertz CT molecular complexity index is 2380. The highest BCUT2D eigenvalue weighted by Crippen LogP contribution is 2.50. The summed E-state index contributed by atoms with van der Waals surface area (Å²) in [5.41, 5.74) is -0.112. The van der Waals surface area contributed by atoms with Gasteiger partial charge in [-0.05, 0) is 102 Å². The molecule has 2 aromatic carbocycles.